The zero-order chi connectivity index (χ0) is 23.4. The summed E-state index contributed by atoms with van der Waals surface area (Å²) in [5.74, 6) is -0.306. The molecule has 3 aromatic rings. The number of para-hydroxylation sites is 1. The smallest absolute Gasteiger partial charge is 0.275 e. The number of methoxy groups -OCH3 is 1. The first-order valence-corrected chi connectivity index (χ1v) is 11.0. The molecule has 7 nitrogen and oxygen atoms in total. The summed E-state index contributed by atoms with van der Waals surface area (Å²) in [6.07, 6.45) is 2.21. The summed E-state index contributed by atoms with van der Waals surface area (Å²) < 4.78 is 20.8. The lowest BCUT2D eigenvalue weighted by molar-refractivity contribution is 0.0930. The predicted molar refractivity (Wildman–Crippen MR) is 123 cm³/mol. The Bertz CT molecular complexity index is 1190. The van der Waals surface area contributed by atoms with Crippen LogP contribution in [0.15, 0.2) is 59.4 Å². The quantitative estimate of drug-likeness (QED) is 0.598. The molecule has 1 unspecified atom stereocenters. The summed E-state index contributed by atoms with van der Waals surface area (Å²) in [6.45, 7) is 3.85. The van der Waals surface area contributed by atoms with Gasteiger partial charge in [0.05, 0.1) is 13.2 Å². The first-order valence-electron chi connectivity index (χ1n) is 11.0. The molecule has 0 saturated carbocycles. The normalized spacial score (nSPS) is 14.8. The van der Waals surface area contributed by atoms with Gasteiger partial charge in [0.15, 0.2) is 5.69 Å². The third-order valence-corrected chi connectivity index (χ3v) is 5.94. The molecule has 2 heterocycles. The molecule has 1 atom stereocenters. The number of benzene rings is 2. The van der Waals surface area contributed by atoms with E-state index in [0.717, 1.165) is 37.2 Å². The zero-order valence-electron chi connectivity index (χ0n) is 18.8. The number of likely N-dealkylation sites (tertiary alicyclic amines) is 1. The molecule has 0 bridgehead atoms. The average Bonchev–Trinajstić information content (AvgIpc) is 3.35. The first kappa shape index (κ1) is 22.7. The third-order valence-electron chi connectivity index (χ3n) is 5.94. The number of rotatable bonds is 7. The van der Waals surface area contributed by atoms with Gasteiger partial charge in [-0.2, -0.15) is 5.10 Å². The van der Waals surface area contributed by atoms with Gasteiger partial charge in [-0.15, -0.1) is 0 Å². The SMILES string of the molecule is COc1ccc(C(CNC(=O)c2nn(-c3ccccc3F)c(C)cc2=O)N2CCCC2)cc1. The van der Waals surface area contributed by atoms with Crippen molar-refractivity contribution in [2.75, 3.05) is 26.7 Å². The van der Waals surface area contributed by atoms with Gasteiger partial charge in [0, 0.05) is 18.3 Å². The number of aryl methyl sites for hydroxylation is 1. The minimum absolute atomic E-state index is 0.0402. The number of hydrogen-bond acceptors (Lipinski definition) is 5. The van der Waals surface area contributed by atoms with E-state index in [9.17, 15) is 14.0 Å². The Balaban J connectivity index is 1.58. The van der Waals surface area contributed by atoms with E-state index in [4.69, 9.17) is 4.74 Å². The summed E-state index contributed by atoms with van der Waals surface area (Å²) in [7, 11) is 1.62. The monoisotopic (exact) mass is 450 g/mol. The number of aromatic nitrogens is 2. The minimum Gasteiger partial charge on any atom is -0.497 e. The highest BCUT2D eigenvalue weighted by Gasteiger charge is 2.25. The summed E-state index contributed by atoms with van der Waals surface area (Å²) in [5.41, 5.74) is 0.907. The molecule has 4 rings (SSSR count). The van der Waals surface area contributed by atoms with E-state index in [1.165, 1.54) is 16.8 Å². The van der Waals surface area contributed by atoms with Crippen molar-refractivity contribution >= 4 is 5.91 Å². The highest BCUT2D eigenvalue weighted by atomic mass is 19.1. The average molecular weight is 451 g/mol. The minimum atomic E-state index is -0.581. The molecule has 0 radical (unpaired) electrons. The van der Waals surface area contributed by atoms with Gasteiger partial charge < -0.3 is 10.1 Å². The summed E-state index contributed by atoms with van der Waals surface area (Å²) in [4.78, 5) is 27.8. The molecule has 1 N–H and O–H groups in total. The fraction of sp³-hybridized carbons (Fsp3) is 0.320. The molecule has 0 spiro atoms. The number of halogens is 1. The van der Waals surface area contributed by atoms with Gasteiger partial charge >= 0.3 is 0 Å². The number of carbonyl (C=O) groups excluding carboxylic acids is 1. The molecule has 1 aliphatic rings. The molecular formula is C25H27FN4O3. The second-order valence-electron chi connectivity index (χ2n) is 8.10. The van der Waals surface area contributed by atoms with Gasteiger partial charge in [-0.05, 0) is 62.7 Å². The molecule has 1 saturated heterocycles. The lowest BCUT2D eigenvalue weighted by atomic mass is 10.1. The second kappa shape index (κ2) is 9.95. The highest BCUT2D eigenvalue weighted by molar-refractivity contribution is 5.92. The Hall–Kier alpha value is -3.52. The standard InChI is InChI=1S/C25H27FN4O3/c1-17-15-23(31)24(28-30(17)21-8-4-3-7-20(21)26)25(32)27-16-22(29-13-5-6-14-29)18-9-11-19(33-2)12-10-18/h3-4,7-12,15,22H,5-6,13-14,16H2,1-2H3,(H,27,32). The van der Waals surface area contributed by atoms with Crippen molar-refractivity contribution < 1.29 is 13.9 Å². The summed E-state index contributed by atoms with van der Waals surface area (Å²) >= 11 is 0. The fourth-order valence-electron chi connectivity index (χ4n) is 4.18. The topological polar surface area (TPSA) is 76.5 Å². The lowest BCUT2D eigenvalue weighted by Gasteiger charge is -2.28. The highest BCUT2D eigenvalue weighted by Crippen LogP contribution is 2.26. The molecule has 172 valence electrons. The predicted octanol–water partition coefficient (Wildman–Crippen LogP) is 3.26. The summed E-state index contributed by atoms with van der Waals surface area (Å²) in [6, 6.07) is 15.1. The number of nitrogens with one attached hydrogen (secondary N) is 1. The van der Waals surface area contributed by atoms with Gasteiger partial charge in [-0.3, -0.25) is 14.5 Å². The van der Waals surface area contributed by atoms with Crippen LogP contribution in [0.3, 0.4) is 0 Å². The number of nitrogens with zero attached hydrogens (tertiary/aromatic N) is 3. The Kier molecular flexibility index (Phi) is 6.84. The maximum Gasteiger partial charge on any atom is 0.275 e. The van der Waals surface area contributed by atoms with Crippen LogP contribution in [0.5, 0.6) is 5.75 Å². The lowest BCUT2D eigenvalue weighted by Crippen LogP contribution is -2.39. The van der Waals surface area contributed by atoms with Gasteiger partial charge in [-0.25, -0.2) is 9.07 Å². The maximum absolute atomic E-state index is 14.3. The van der Waals surface area contributed by atoms with Gasteiger partial charge in [-0.1, -0.05) is 24.3 Å². The fourth-order valence-corrected chi connectivity index (χ4v) is 4.18. The van der Waals surface area contributed by atoms with E-state index < -0.39 is 17.2 Å². The molecule has 8 heteroatoms. The van der Waals surface area contributed by atoms with Crippen LogP contribution < -0.4 is 15.5 Å². The van der Waals surface area contributed by atoms with Crippen molar-refractivity contribution in [1.29, 1.82) is 0 Å². The zero-order valence-corrected chi connectivity index (χ0v) is 18.8. The second-order valence-corrected chi connectivity index (χ2v) is 8.10. The molecule has 2 aromatic carbocycles. The Labute approximate surface area is 191 Å². The Morgan fingerprint density at radius 3 is 2.52 bits per heavy atom. The number of hydrogen-bond donors (Lipinski definition) is 1. The van der Waals surface area contributed by atoms with Gasteiger partial charge in [0.1, 0.15) is 17.3 Å². The van der Waals surface area contributed by atoms with E-state index >= 15 is 0 Å². The first-order chi connectivity index (χ1) is 16.0. The largest absolute Gasteiger partial charge is 0.497 e. The molecule has 0 aliphatic carbocycles. The number of amides is 1. The maximum atomic E-state index is 14.3. The van der Waals surface area contributed by atoms with Crippen LogP contribution in [-0.4, -0.2) is 47.3 Å². The molecule has 1 fully saturated rings. The van der Waals surface area contributed by atoms with Crippen LogP contribution in [0.2, 0.25) is 0 Å². The van der Waals surface area contributed by atoms with Crippen molar-refractivity contribution in [3.8, 4) is 11.4 Å². The molecule has 1 aromatic heterocycles. The van der Waals surface area contributed by atoms with Crippen LogP contribution in [0.25, 0.3) is 5.69 Å². The van der Waals surface area contributed by atoms with Gasteiger partial charge in [0.2, 0.25) is 5.43 Å². The Morgan fingerprint density at radius 2 is 1.85 bits per heavy atom. The molecule has 33 heavy (non-hydrogen) atoms. The number of ether oxygens (including phenoxy) is 1. The third kappa shape index (κ3) is 4.96. The van der Waals surface area contributed by atoms with Crippen LogP contribution in [0.1, 0.15) is 40.6 Å². The van der Waals surface area contributed by atoms with Gasteiger partial charge in [0.25, 0.3) is 5.91 Å². The van der Waals surface area contributed by atoms with Crippen LogP contribution in [0.4, 0.5) is 4.39 Å². The van der Waals surface area contributed by atoms with E-state index in [0.29, 0.717) is 12.2 Å². The molecular weight excluding hydrogens is 423 g/mol. The van der Waals surface area contributed by atoms with Crippen molar-refractivity contribution in [2.45, 2.75) is 25.8 Å². The van der Waals surface area contributed by atoms with Crippen molar-refractivity contribution in [3.05, 3.63) is 87.6 Å². The molecule has 1 aliphatic heterocycles. The van der Waals surface area contributed by atoms with E-state index in [2.05, 4.69) is 15.3 Å². The van der Waals surface area contributed by atoms with Crippen LogP contribution in [-0.2, 0) is 0 Å². The van der Waals surface area contributed by atoms with Crippen molar-refractivity contribution in [3.63, 3.8) is 0 Å². The van der Waals surface area contributed by atoms with Crippen molar-refractivity contribution in [2.24, 2.45) is 0 Å². The van der Waals surface area contributed by atoms with E-state index in [1.54, 1.807) is 32.2 Å². The Morgan fingerprint density at radius 1 is 1.15 bits per heavy atom. The van der Waals surface area contributed by atoms with E-state index in [-0.39, 0.29) is 17.4 Å². The number of carbonyl (C=O) groups is 1. The van der Waals surface area contributed by atoms with Crippen LogP contribution in [0, 0.1) is 12.7 Å². The van der Waals surface area contributed by atoms with Crippen LogP contribution >= 0.6 is 0 Å². The van der Waals surface area contributed by atoms with Crippen molar-refractivity contribution in [1.82, 2.24) is 20.0 Å². The molecule has 1 amide bonds. The summed E-state index contributed by atoms with van der Waals surface area (Å²) in [5, 5.41) is 7.07. The van der Waals surface area contributed by atoms with E-state index in [1.807, 2.05) is 24.3 Å².